The van der Waals surface area contributed by atoms with Crippen molar-refractivity contribution in [1.82, 2.24) is 9.29 Å². The van der Waals surface area contributed by atoms with Crippen LogP contribution in [-0.2, 0) is 21.2 Å². The Morgan fingerprint density at radius 2 is 1.69 bits per heavy atom. The summed E-state index contributed by atoms with van der Waals surface area (Å²) >= 11 is 12.0. The first-order chi connectivity index (χ1) is 16.6. The van der Waals surface area contributed by atoms with E-state index in [0.29, 0.717) is 38.5 Å². The first-order valence-corrected chi connectivity index (χ1v) is 12.6. The standard InChI is InChI=1S/C25H20Cl2N2O5S/c1-15-19(14-24(30)28-35(32,33)23-6-4-3-5-21(23)27)20-13-18(34-2)11-12-22(20)29(15)25(31)16-7-9-17(26)10-8-16/h3-13H,14H2,1-2H3,(H,28,30). The van der Waals surface area contributed by atoms with Gasteiger partial charge in [0.05, 0.1) is 24.1 Å². The van der Waals surface area contributed by atoms with Crippen LogP contribution in [-0.4, -0.2) is 31.9 Å². The number of hydrogen-bond acceptors (Lipinski definition) is 5. The van der Waals surface area contributed by atoms with E-state index >= 15 is 0 Å². The van der Waals surface area contributed by atoms with Crippen LogP contribution in [0.3, 0.4) is 0 Å². The van der Waals surface area contributed by atoms with E-state index in [2.05, 4.69) is 4.72 Å². The van der Waals surface area contributed by atoms with Crippen LogP contribution in [0.15, 0.2) is 71.6 Å². The molecule has 1 heterocycles. The summed E-state index contributed by atoms with van der Waals surface area (Å²) in [7, 11) is -2.68. The minimum atomic E-state index is -4.19. The quantitative estimate of drug-likeness (QED) is 0.378. The van der Waals surface area contributed by atoms with E-state index in [-0.39, 0.29) is 22.2 Å². The molecule has 0 radical (unpaired) electrons. The smallest absolute Gasteiger partial charge is 0.265 e. The second-order valence-corrected chi connectivity index (χ2v) is 10.2. The van der Waals surface area contributed by atoms with Gasteiger partial charge in [0.25, 0.3) is 15.9 Å². The number of carbonyl (C=O) groups excluding carboxylic acids is 2. The third-order valence-electron chi connectivity index (χ3n) is 5.55. The number of ether oxygens (including phenoxy) is 1. The second kappa shape index (κ2) is 9.73. The lowest BCUT2D eigenvalue weighted by Gasteiger charge is -2.09. The maximum atomic E-state index is 13.4. The van der Waals surface area contributed by atoms with E-state index in [4.69, 9.17) is 27.9 Å². The summed E-state index contributed by atoms with van der Waals surface area (Å²) < 4.78 is 34.3. The molecule has 0 unspecified atom stereocenters. The Kier molecular flexibility index (Phi) is 6.89. The average Bonchev–Trinajstić information content (AvgIpc) is 3.09. The molecule has 0 fully saturated rings. The van der Waals surface area contributed by atoms with E-state index in [0.717, 1.165) is 0 Å². The van der Waals surface area contributed by atoms with Crippen molar-refractivity contribution in [2.24, 2.45) is 0 Å². The van der Waals surface area contributed by atoms with Gasteiger partial charge in [-0.3, -0.25) is 14.2 Å². The Balaban J connectivity index is 1.75. The van der Waals surface area contributed by atoms with Gasteiger partial charge in [-0.2, -0.15) is 0 Å². The predicted octanol–water partition coefficient (Wildman–Crippen LogP) is 5.00. The number of aromatic nitrogens is 1. The Morgan fingerprint density at radius 3 is 2.34 bits per heavy atom. The molecule has 4 rings (SSSR count). The number of nitrogens with zero attached hydrogens (tertiary/aromatic N) is 1. The minimum Gasteiger partial charge on any atom is -0.497 e. The van der Waals surface area contributed by atoms with Crippen LogP contribution in [0.5, 0.6) is 5.75 Å². The first-order valence-electron chi connectivity index (χ1n) is 10.4. The van der Waals surface area contributed by atoms with E-state index < -0.39 is 15.9 Å². The van der Waals surface area contributed by atoms with Gasteiger partial charge >= 0.3 is 0 Å². The topological polar surface area (TPSA) is 94.5 Å². The Bertz CT molecular complexity index is 1560. The molecule has 0 aliphatic heterocycles. The number of halogens is 2. The largest absolute Gasteiger partial charge is 0.497 e. The fourth-order valence-electron chi connectivity index (χ4n) is 3.86. The summed E-state index contributed by atoms with van der Waals surface area (Å²) in [5.41, 5.74) is 1.95. The third kappa shape index (κ3) is 4.91. The van der Waals surface area contributed by atoms with Crippen molar-refractivity contribution in [3.05, 3.63) is 93.6 Å². The van der Waals surface area contributed by atoms with Gasteiger partial charge in [0.1, 0.15) is 10.6 Å². The Labute approximate surface area is 212 Å². The fraction of sp³-hybridized carbons (Fsp3) is 0.120. The molecule has 1 aromatic heterocycles. The van der Waals surface area contributed by atoms with Crippen LogP contribution in [0.4, 0.5) is 0 Å². The average molecular weight is 531 g/mol. The monoisotopic (exact) mass is 530 g/mol. The van der Waals surface area contributed by atoms with Crippen molar-refractivity contribution < 1.29 is 22.7 Å². The molecule has 4 aromatic rings. The number of benzene rings is 3. The normalized spacial score (nSPS) is 11.4. The molecule has 35 heavy (non-hydrogen) atoms. The molecule has 1 amide bonds. The summed E-state index contributed by atoms with van der Waals surface area (Å²) in [6, 6.07) is 17.4. The zero-order valence-electron chi connectivity index (χ0n) is 18.7. The summed E-state index contributed by atoms with van der Waals surface area (Å²) in [6.45, 7) is 1.70. The molecule has 1 N–H and O–H groups in total. The summed E-state index contributed by atoms with van der Waals surface area (Å²) in [5, 5.41) is 1.09. The number of rotatable bonds is 6. The van der Waals surface area contributed by atoms with Gasteiger partial charge in [-0.15, -0.1) is 0 Å². The summed E-state index contributed by atoms with van der Waals surface area (Å²) in [5.74, 6) is -0.558. The maximum Gasteiger partial charge on any atom is 0.265 e. The molecule has 0 bridgehead atoms. The number of nitrogens with one attached hydrogen (secondary N) is 1. The number of sulfonamides is 1. The van der Waals surface area contributed by atoms with Gasteiger partial charge < -0.3 is 4.74 Å². The Morgan fingerprint density at radius 1 is 1.00 bits per heavy atom. The molecule has 0 saturated carbocycles. The molecule has 0 saturated heterocycles. The van der Waals surface area contributed by atoms with Crippen LogP contribution in [0.1, 0.15) is 21.6 Å². The van der Waals surface area contributed by atoms with Gasteiger partial charge in [0.15, 0.2) is 0 Å². The highest BCUT2D eigenvalue weighted by Gasteiger charge is 2.25. The zero-order valence-corrected chi connectivity index (χ0v) is 21.0. The lowest BCUT2D eigenvalue weighted by molar-refractivity contribution is -0.118. The molecule has 0 atom stereocenters. The van der Waals surface area contributed by atoms with Gasteiger partial charge in [-0.25, -0.2) is 13.1 Å². The summed E-state index contributed by atoms with van der Waals surface area (Å²) in [6.07, 6.45) is -0.292. The molecule has 0 spiro atoms. The highest BCUT2D eigenvalue weighted by molar-refractivity contribution is 7.90. The maximum absolute atomic E-state index is 13.4. The van der Waals surface area contributed by atoms with E-state index in [1.54, 1.807) is 55.5 Å². The summed E-state index contributed by atoms with van der Waals surface area (Å²) in [4.78, 5) is 26.1. The number of carbonyl (C=O) groups is 2. The van der Waals surface area contributed by atoms with Gasteiger partial charge in [0.2, 0.25) is 5.91 Å². The second-order valence-electron chi connectivity index (χ2n) is 7.73. The number of hydrogen-bond donors (Lipinski definition) is 1. The predicted molar refractivity (Wildman–Crippen MR) is 135 cm³/mol. The molecular formula is C25H20Cl2N2O5S. The van der Waals surface area contributed by atoms with Crippen LogP contribution in [0, 0.1) is 6.92 Å². The molecule has 10 heteroatoms. The third-order valence-corrected chi connectivity index (χ3v) is 7.67. The Hall–Kier alpha value is -3.33. The highest BCUT2D eigenvalue weighted by atomic mass is 35.5. The van der Waals surface area contributed by atoms with E-state index in [1.165, 1.54) is 29.9 Å². The van der Waals surface area contributed by atoms with Crippen molar-refractivity contribution in [1.29, 1.82) is 0 Å². The molecule has 180 valence electrons. The minimum absolute atomic E-state index is 0.00104. The van der Waals surface area contributed by atoms with Gasteiger partial charge in [0, 0.05) is 21.7 Å². The first kappa shape index (κ1) is 24.8. The van der Waals surface area contributed by atoms with Gasteiger partial charge in [-0.05, 0) is 67.1 Å². The van der Waals surface area contributed by atoms with E-state index in [9.17, 15) is 18.0 Å². The number of fused-ring (bicyclic) bond motifs is 1. The molecule has 0 aliphatic carbocycles. The van der Waals surface area contributed by atoms with E-state index in [1.807, 2.05) is 0 Å². The van der Waals surface area contributed by atoms with Crippen LogP contribution >= 0.6 is 23.2 Å². The lowest BCUT2D eigenvalue weighted by atomic mass is 10.1. The SMILES string of the molecule is COc1ccc2c(c1)c(CC(=O)NS(=O)(=O)c1ccccc1Cl)c(C)n2C(=O)c1ccc(Cl)cc1. The van der Waals surface area contributed by atoms with Crippen LogP contribution < -0.4 is 9.46 Å². The highest BCUT2D eigenvalue weighted by Crippen LogP contribution is 2.31. The van der Waals surface area contributed by atoms with Crippen LogP contribution in [0.2, 0.25) is 10.0 Å². The van der Waals surface area contributed by atoms with Crippen molar-refractivity contribution in [2.75, 3.05) is 7.11 Å². The lowest BCUT2D eigenvalue weighted by Crippen LogP contribution is -2.32. The zero-order chi connectivity index (χ0) is 25.3. The van der Waals surface area contributed by atoms with Crippen LogP contribution in [0.25, 0.3) is 10.9 Å². The molecular weight excluding hydrogens is 511 g/mol. The molecule has 7 nitrogen and oxygen atoms in total. The molecule has 3 aromatic carbocycles. The van der Waals surface area contributed by atoms with Crippen molar-refractivity contribution in [2.45, 2.75) is 18.2 Å². The van der Waals surface area contributed by atoms with Crippen molar-refractivity contribution in [3.63, 3.8) is 0 Å². The molecule has 0 aliphatic rings. The van der Waals surface area contributed by atoms with Gasteiger partial charge in [-0.1, -0.05) is 35.3 Å². The van der Waals surface area contributed by atoms with Crippen molar-refractivity contribution in [3.8, 4) is 5.75 Å². The number of methoxy groups -OCH3 is 1. The van der Waals surface area contributed by atoms with Crippen molar-refractivity contribution >= 4 is 55.9 Å². The number of amides is 1. The fourth-order valence-corrected chi connectivity index (χ4v) is 5.49.